The molecule has 3 aromatic rings. The Bertz CT molecular complexity index is 1070. The normalized spacial score (nSPS) is 14.5. The summed E-state index contributed by atoms with van der Waals surface area (Å²) in [6, 6.07) is 6.46. The minimum Gasteiger partial charge on any atom is -0.348 e. The van der Waals surface area contributed by atoms with Gasteiger partial charge < -0.3 is 19.8 Å². The van der Waals surface area contributed by atoms with Crippen molar-refractivity contribution in [1.29, 1.82) is 0 Å². The molecule has 0 aliphatic carbocycles. The van der Waals surface area contributed by atoms with E-state index < -0.39 is 0 Å². The van der Waals surface area contributed by atoms with Crippen LogP contribution < -0.4 is 0 Å². The molecule has 2 N–H and O–H groups in total. The Balaban J connectivity index is 1.36. The number of nitrogens with one attached hydrogen (secondary N) is 2. The number of hydrogen-bond acceptors (Lipinski definition) is 5. The van der Waals surface area contributed by atoms with E-state index in [0.29, 0.717) is 6.54 Å². The predicted molar refractivity (Wildman–Crippen MR) is 147 cm³/mol. The molecule has 1 aliphatic rings. The fourth-order valence-electron chi connectivity index (χ4n) is 5.33. The summed E-state index contributed by atoms with van der Waals surface area (Å²) in [6.07, 6.45) is 12.8. The summed E-state index contributed by atoms with van der Waals surface area (Å²) < 4.78 is 0. The Morgan fingerprint density at radius 2 is 1.78 bits per heavy atom. The van der Waals surface area contributed by atoms with E-state index in [4.69, 9.17) is 0 Å². The molecule has 8 nitrogen and oxygen atoms in total. The molecule has 0 bridgehead atoms. The summed E-state index contributed by atoms with van der Waals surface area (Å²) >= 11 is 0. The van der Waals surface area contributed by atoms with Crippen LogP contribution >= 0.6 is 0 Å². The number of fused-ring (bicyclic) bond motifs is 1. The summed E-state index contributed by atoms with van der Waals surface area (Å²) in [5, 5.41) is 0. The molecule has 8 heteroatoms. The molecular weight excluding hydrogens is 462 g/mol. The molecule has 0 saturated heterocycles. The summed E-state index contributed by atoms with van der Waals surface area (Å²) in [6.45, 7) is 13.2. The Morgan fingerprint density at radius 1 is 1.00 bits per heavy atom. The average Bonchev–Trinajstić information content (AvgIpc) is 3.62. The number of hydrogen-bond donors (Lipinski definition) is 2. The van der Waals surface area contributed by atoms with Crippen molar-refractivity contribution in [3.05, 3.63) is 71.3 Å². The Hall–Kier alpha value is -2.97. The van der Waals surface area contributed by atoms with Gasteiger partial charge in [-0.05, 0) is 75.9 Å². The maximum absolute atomic E-state index is 13.2. The molecule has 1 aromatic carbocycles. The fourth-order valence-corrected chi connectivity index (χ4v) is 5.33. The number of carbonyl (C=O) groups is 1. The smallest absolute Gasteiger partial charge is 0.254 e. The number of imidazole rings is 2. The van der Waals surface area contributed by atoms with Crippen LogP contribution in [0.2, 0.25) is 0 Å². The van der Waals surface area contributed by atoms with Gasteiger partial charge in [-0.2, -0.15) is 0 Å². The van der Waals surface area contributed by atoms with Crippen molar-refractivity contribution in [2.45, 2.75) is 72.0 Å². The highest BCUT2D eigenvalue weighted by Gasteiger charge is 2.25. The maximum atomic E-state index is 13.2. The SMILES string of the molecule is CCCN(CCC)CCCCN1CCc2cc(CN(Cc3ncc[nH]3)C(C)c3ncc[nH]3)ccc2C1=O. The molecule has 0 radical (unpaired) electrons. The van der Waals surface area contributed by atoms with Crippen LogP contribution in [0.4, 0.5) is 0 Å². The summed E-state index contributed by atoms with van der Waals surface area (Å²) in [5.41, 5.74) is 3.24. The van der Waals surface area contributed by atoms with E-state index in [1.165, 1.54) is 37.1 Å². The van der Waals surface area contributed by atoms with E-state index in [2.05, 4.69) is 62.6 Å². The molecule has 200 valence electrons. The molecule has 0 saturated carbocycles. The molecule has 37 heavy (non-hydrogen) atoms. The largest absolute Gasteiger partial charge is 0.348 e. The van der Waals surface area contributed by atoms with Crippen LogP contribution in [0.1, 0.15) is 85.6 Å². The van der Waals surface area contributed by atoms with E-state index in [-0.39, 0.29) is 11.9 Å². The highest BCUT2D eigenvalue weighted by atomic mass is 16.2. The lowest BCUT2D eigenvalue weighted by molar-refractivity contribution is 0.0735. The number of rotatable bonds is 15. The molecule has 1 atom stereocenters. The minimum absolute atomic E-state index is 0.0961. The van der Waals surface area contributed by atoms with Crippen molar-refractivity contribution in [2.75, 3.05) is 32.7 Å². The molecule has 0 fully saturated rings. The van der Waals surface area contributed by atoms with E-state index >= 15 is 0 Å². The molecule has 2 aromatic heterocycles. The Kier molecular flexibility index (Phi) is 9.91. The Morgan fingerprint density at radius 3 is 2.49 bits per heavy atom. The zero-order valence-electron chi connectivity index (χ0n) is 22.7. The van der Waals surface area contributed by atoms with Gasteiger partial charge in [-0.25, -0.2) is 9.97 Å². The van der Waals surface area contributed by atoms with Gasteiger partial charge in [0.25, 0.3) is 5.91 Å². The molecule has 0 spiro atoms. The van der Waals surface area contributed by atoms with E-state index in [1.807, 2.05) is 23.4 Å². The van der Waals surface area contributed by atoms with Gasteiger partial charge in [-0.15, -0.1) is 0 Å². The lowest BCUT2D eigenvalue weighted by atomic mass is 9.96. The quantitative estimate of drug-likeness (QED) is 0.290. The van der Waals surface area contributed by atoms with E-state index in [9.17, 15) is 4.79 Å². The molecule has 3 heterocycles. The summed E-state index contributed by atoms with van der Waals surface area (Å²) in [7, 11) is 0. The highest BCUT2D eigenvalue weighted by Crippen LogP contribution is 2.25. The third-order valence-electron chi connectivity index (χ3n) is 7.33. The number of aromatic nitrogens is 4. The van der Waals surface area contributed by atoms with E-state index in [0.717, 1.165) is 62.7 Å². The number of nitrogens with zero attached hydrogens (tertiary/aromatic N) is 5. The second-order valence-electron chi connectivity index (χ2n) is 10.2. The average molecular weight is 506 g/mol. The van der Waals surface area contributed by atoms with Gasteiger partial charge >= 0.3 is 0 Å². The van der Waals surface area contributed by atoms with Gasteiger partial charge in [-0.1, -0.05) is 26.0 Å². The number of unbranched alkanes of at least 4 members (excludes halogenated alkanes) is 1. The third kappa shape index (κ3) is 7.29. The first-order valence-electron chi connectivity index (χ1n) is 13.9. The van der Waals surface area contributed by atoms with Crippen LogP contribution in [0, 0.1) is 0 Å². The fraction of sp³-hybridized carbons (Fsp3) is 0.552. The van der Waals surface area contributed by atoms with Crippen LogP contribution in [0.25, 0.3) is 0 Å². The number of benzene rings is 1. The van der Waals surface area contributed by atoms with Gasteiger partial charge in [0.15, 0.2) is 0 Å². The first kappa shape index (κ1) is 27.1. The number of H-pyrrole nitrogens is 2. The second kappa shape index (κ2) is 13.5. The van der Waals surface area contributed by atoms with Gasteiger partial charge in [0.05, 0.1) is 12.6 Å². The van der Waals surface area contributed by atoms with Gasteiger partial charge in [0, 0.05) is 50.0 Å². The standard InChI is InChI=1S/C29H43N7O/c1-4-15-34(16-5-2)17-6-7-18-35-19-10-25-20-24(8-9-26(25)29(35)37)21-36(22-27-30-11-12-31-27)23(3)28-32-13-14-33-28/h8-9,11-14,20,23H,4-7,10,15-19,21-22H2,1-3H3,(H,30,31)(H,32,33). The van der Waals surface area contributed by atoms with Crippen molar-refractivity contribution in [1.82, 2.24) is 34.6 Å². The molecular formula is C29H43N7O. The summed E-state index contributed by atoms with van der Waals surface area (Å²) in [5.74, 6) is 2.04. The lowest BCUT2D eigenvalue weighted by Gasteiger charge is -2.30. The van der Waals surface area contributed by atoms with Crippen LogP contribution in [0.5, 0.6) is 0 Å². The van der Waals surface area contributed by atoms with Crippen molar-refractivity contribution in [3.63, 3.8) is 0 Å². The van der Waals surface area contributed by atoms with Crippen LogP contribution in [0.15, 0.2) is 43.0 Å². The van der Waals surface area contributed by atoms with Gasteiger partial charge in [0.2, 0.25) is 0 Å². The van der Waals surface area contributed by atoms with E-state index in [1.54, 1.807) is 12.4 Å². The van der Waals surface area contributed by atoms with Crippen LogP contribution in [0.3, 0.4) is 0 Å². The van der Waals surface area contributed by atoms with Gasteiger partial charge in [0.1, 0.15) is 11.6 Å². The maximum Gasteiger partial charge on any atom is 0.254 e. The minimum atomic E-state index is 0.0961. The Labute approximate surface area is 221 Å². The number of aromatic amines is 2. The van der Waals surface area contributed by atoms with Crippen molar-refractivity contribution < 1.29 is 4.79 Å². The summed E-state index contributed by atoms with van der Waals surface area (Å²) in [4.78, 5) is 35.6. The first-order valence-corrected chi connectivity index (χ1v) is 13.9. The molecule has 4 rings (SSSR count). The zero-order chi connectivity index (χ0) is 26.0. The molecule has 1 aliphatic heterocycles. The predicted octanol–water partition coefficient (Wildman–Crippen LogP) is 4.80. The van der Waals surface area contributed by atoms with Gasteiger partial charge in [-0.3, -0.25) is 9.69 Å². The zero-order valence-corrected chi connectivity index (χ0v) is 22.7. The van der Waals surface area contributed by atoms with Crippen molar-refractivity contribution in [2.24, 2.45) is 0 Å². The van der Waals surface area contributed by atoms with Crippen molar-refractivity contribution >= 4 is 5.91 Å². The first-order chi connectivity index (χ1) is 18.1. The highest BCUT2D eigenvalue weighted by molar-refractivity contribution is 5.96. The van der Waals surface area contributed by atoms with Crippen LogP contribution in [-0.2, 0) is 19.5 Å². The number of amides is 1. The third-order valence-corrected chi connectivity index (χ3v) is 7.33. The molecule has 1 unspecified atom stereocenters. The topological polar surface area (TPSA) is 84.2 Å². The van der Waals surface area contributed by atoms with Crippen LogP contribution in [-0.4, -0.2) is 73.3 Å². The van der Waals surface area contributed by atoms with Crippen molar-refractivity contribution in [3.8, 4) is 0 Å². The molecule has 1 amide bonds. The lowest BCUT2D eigenvalue weighted by Crippen LogP contribution is -2.38. The second-order valence-corrected chi connectivity index (χ2v) is 10.2. The monoisotopic (exact) mass is 505 g/mol. The number of carbonyl (C=O) groups excluding carboxylic acids is 1.